The molecule has 64 valence electrons. The van der Waals surface area contributed by atoms with Crippen LogP contribution in [0.5, 0.6) is 0 Å². The minimum Gasteiger partial charge on any atom is -0.332 e. The zero-order valence-electron chi connectivity index (χ0n) is 5.73. The molecule has 2 aliphatic heterocycles. The van der Waals surface area contributed by atoms with Gasteiger partial charge in [0.05, 0.1) is 11.1 Å². The first-order chi connectivity index (χ1) is 5.61. The summed E-state index contributed by atoms with van der Waals surface area (Å²) in [5.41, 5.74) is -0.976. The minimum atomic E-state index is -0.740. The quantitative estimate of drug-likeness (QED) is 0.422. The Labute approximate surface area is 77.9 Å². The molecule has 2 unspecified atom stereocenters. The van der Waals surface area contributed by atoms with Gasteiger partial charge in [0.1, 0.15) is 11.0 Å². The number of halogens is 2. The molecule has 0 saturated carbocycles. The molecule has 0 spiro atoms. The SMILES string of the molecule is O=C1NC(Cl)C2=C1C(Cl)NC2=O. The van der Waals surface area contributed by atoms with Gasteiger partial charge in [-0.3, -0.25) is 9.59 Å². The third-order valence-corrected chi connectivity index (χ3v) is 2.46. The molecule has 2 aliphatic rings. The highest BCUT2D eigenvalue weighted by Crippen LogP contribution is 2.29. The first-order valence-corrected chi connectivity index (χ1v) is 4.12. The van der Waals surface area contributed by atoms with Crippen LogP contribution in [-0.2, 0) is 9.59 Å². The van der Waals surface area contributed by atoms with Crippen molar-refractivity contribution in [3.05, 3.63) is 11.1 Å². The van der Waals surface area contributed by atoms with Crippen LogP contribution >= 0.6 is 23.2 Å². The molecule has 0 bridgehead atoms. The maximum Gasteiger partial charge on any atom is 0.252 e. The van der Waals surface area contributed by atoms with E-state index in [0.29, 0.717) is 0 Å². The highest BCUT2D eigenvalue weighted by Gasteiger charge is 2.43. The summed E-state index contributed by atoms with van der Waals surface area (Å²) in [7, 11) is 0. The Hall–Kier alpha value is -0.740. The standard InChI is InChI=1S/C6H4Cl2N2O2/c7-3-1-2(6(12)9-3)4(8)10-5(1)11/h3-4H,(H,9,12)(H,10,11). The maximum atomic E-state index is 11.1. The number of alkyl halides is 2. The summed E-state index contributed by atoms with van der Waals surface area (Å²) in [5.74, 6) is -0.744. The Balaban J connectivity index is 2.49. The van der Waals surface area contributed by atoms with E-state index in [4.69, 9.17) is 23.2 Å². The average Bonchev–Trinajstić information content (AvgIpc) is 2.38. The van der Waals surface area contributed by atoms with Gasteiger partial charge in [-0.25, -0.2) is 0 Å². The molecule has 0 aromatic heterocycles. The van der Waals surface area contributed by atoms with Crippen LogP contribution in [0.25, 0.3) is 0 Å². The second-order valence-electron chi connectivity index (χ2n) is 2.50. The molecular formula is C6H4Cl2N2O2. The number of amides is 2. The first-order valence-electron chi connectivity index (χ1n) is 3.25. The molecule has 2 atom stereocenters. The van der Waals surface area contributed by atoms with Gasteiger partial charge < -0.3 is 10.6 Å². The van der Waals surface area contributed by atoms with E-state index in [1.165, 1.54) is 0 Å². The number of hydrogen-bond acceptors (Lipinski definition) is 2. The van der Waals surface area contributed by atoms with E-state index in [1.807, 2.05) is 0 Å². The number of carbonyl (C=O) groups excluding carboxylic acids is 2. The third-order valence-electron chi connectivity index (χ3n) is 1.80. The molecule has 2 N–H and O–H groups in total. The average molecular weight is 207 g/mol. The molecule has 2 rings (SSSR count). The summed E-state index contributed by atoms with van der Waals surface area (Å²) >= 11 is 11.3. The zero-order valence-corrected chi connectivity index (χ0v) is 7.24. The molecule has 0 aromatic rings. The summed E-state index contributed by atoms with van der Waals surface area (Å²) in [6, 6.07) is 0. The van der Waals surface area contributed by atoms with Crippen LogP contribution in [0.4, 0.5) is 0 Å². The Morgan fingerprint density at radius 2 is 1.25 bits per heavy atom. The highest BCUT2D eigenvalue weighted by atomic mass is 35.5. The molecule has 12 heavy (non-hydrogen) atoms. The molecule has 4 nitrogen and oxygen atoms in total. The molecule has 0 saturated heterocycles. The molecular weight excluding hydrogens is 203 g/mol. The van der Waals surface area contributed by atoms with Crippen LogP contribution in [0.1, 0.15) is 0 Å². The van der Waals surface area contributed by atoms with Gasteiger partial charge in [0.15, 0.2) is 0 Å². The Morgan fingerprint density at radius 3 is 1.58 bits per heavy atom. The largest absolute Gasteiger partial charge is 0.332 e. The fourth-order valence-corrected chi connectivity index (χ4v) is 1.91. The van der Waals surface area contributed by atoms with Crippen molar-refractivity contribution < 1.29 is 9.59 Å². The maximum absolute atomic E-state index is 11.1. The van der Waals surface area contributed by atoms with Crippen molar-refractivity contribution >= 4 is 35.0 Å². The van der Waals surface area contributed by atoms with Crippen LogP contribution < -0.4 is 10.6 Å². The van der Waals surface area contributed by atoms with E-state index in [0.717, 1.165) is 0 Å². The summed E-state index contributed by atoms with van der Waals surface area (Å²) in [4.78, 5) is 22.2. The number of hydrogen-bond donors (Lipinski definition) is 2. The van der Waals surface area contributed by atoms with Crippen LogP contribution in [0.3, 0.4) is 0 Å². The molecule has 0 aliphatic carbocycles. The van der Waals surface area contributed by atoms with Gasteiger partial charge in [0.25, 0.3) is 11.8 Å². The molecule has 0 fully saturated rings. The second kappa shape index (κ2) is 2.37. The van der Waals surface area contributed by atoms with Crippen LogP contribution in [-0.4, -0.2) is 22.8 Å². The Morgan fingerprint density at radius 1 is 0.917 bits per heavy atom. The molecule has 0 radical (unpaired) electrons. The molecule has 6 heteroatoms. The van der Waals surface area contributed by atoms with Gasteiger partial charge in [-0.1, -0.05) is 23.2 Å². The van der Waals surface area contributed by atoms with Crippen molar-refractivity contribution in [2.24, 2.45) is 0 Å². The predicted molar refractivity (Wildman–Crippen MR) is 42.6 cm³/mol. The van der Waals surface area contributed by atoms with E-state index in [2.05, 4.69) is 10.6 Å². The lowest BCUT2D eigenvalue weighted by molar-refractivity contribution is -0.117. The van der Waals surface area contributed by atoms with E-state index < -0.39 is 11.0 Å². The zero-order chi connectivity index (χ0) is 8.88. The van der Waals surface area contributed by atoms with Gasteiger partial charge >= 0.3 is 0 Å². The summed E-state index contributed by atoms with van der Waals surface area (Å²) in [6.07, 6.45) is 0. The van der Waals surface area contributed by atoms with Gasteiger partial charge in [-0.2, -0.15) is 0 Å². The van der Waals surface area contributed by atoms with Crippen molar-refractivity contribution in [2.75, 3.05) is 0 Å². The number of nitrogens with one attached hydrogen (secondary N) is 2. The van der Waals surface area contributed by atoms with Gasteiger partial charge in [-0.05, 0) is 0 Å². The molecule has 0 aromatic carbocycles. The van der Waals surface area contributed by atoms with E-state index in [1.54, 1.807) is 0 Å². The molecule has 2 heterocycles. The number of rotatable bonds is 0. The van der Waals surface area contributed by atoms with Crippen molar-refractivity contribution in [3.8, 4) is 0 Å². The van der Waals surface area contributed by atoms with Gasteiger partial charge in [-0.15, -0.1) is 0 Å². The van der Waals surface area contributed by atoms with Crippen molar-refractivity contribution in [1.82, 2.24) is 10.6 Å². The van der Waals surface area contributed by atoms with Crippen molar-refractivity contribution in [1.29, 1.82) is 0 Å². The van der Waals surface area contributed by atoms with Crippen LogP contribution in [0.2, 0.25) is 0 Å². The van der Waals surface area contributed by atoms with Crippen LogP contribution in [0.15, 0.2) is 11.1 Å². The van der Waals surface area contributed by atoms with E-state index in [-0.39, 0.29) is 23.0 Å². The van der Waals surface area contributed by atoms with Gasteiger partial charge in [0.2, 0.25) is 0 Å². The Kier molecular flexibility index (Phi) is 1.56. The monoisotopic (exact) mass is 206 g/mol. The van der Waals surface area contributed by atoms with Gasteiger partial charge in [0, 0.05) is 0 Å². The first kappa shape index (κ1) is 7.89. The van der Waals surface area contributed by atoms with E-state index in [9.17, 15) is 9.59 Å². The van der Waals surface area contributed by atoms with Crippen molar-refractivity contribution in [2.45, 2.75) is 11.0 Å². The fraction of sp³-hybridized carbons (Fsp3) is 0.333. The second-order valence-corrected chi connectivity index (χ2v) is 3.37. The summed E-state index contributed by atoms with van der Waals surface area (Å²) < 4.78 is 0. The fourth-order valence-electron chi connectivity index (χ4n) is 1.28. The minimum absolute atomic E-state index is 0.252. The van der Waals surface area contributed by atoms with Crippen LogP contribution in [0, 0.1) is 0 Å². The topological polar surface area (TPSA) is 58.2 Å². The van der Waals surface area contributed by atoms with Crippen molar-refractivity contribution in [3.63, 3.8) is 0 Å². The lowest BCUT2D eigenvalue weighted by atomic mass is 10.2. The summed E-state index contributed by atoms with van der Waals surface area (Å²) in [6.45, 7) is 0. The molecule has 2 amide bonds. The highest BCUT2D eigenvalue weighted by molar-refractivity contribution is 6.36. The lowest BCUT2D eigenvalue weighted by Crippen LogP contribution is -2.35. The smallest absolute Gasteiger partial charge is 0.252 e. The third kappa shape index (κ3) is 0.850. The number of carbonyl (C=O) groups is 2. The van der Waals surface area contributed by atoms with E-state index >= 15 is 0 Å². The predicted octanol–water partition coefficient (Wildman–Crippen LogP) is -0.328. The lowest BCUT2D eigenvalue weighted by Gasteiger charge is -2.07. The Bertz CT molecular complexity index is 283. The summed E-state index contributed by atoms with van der Waals surface area (Å²) in [5, 5.41) is 4.77. The normalized spacial score (nSPS) is 33.5.